The third-order valence-corrected chi connectivity index (χ3v) is 5.48. The van der Waals surface area contributed by atoms with Gasteiger partial charge in [-0.3, -0.25) is 9.36 Å². The summed E-state index contributed by atoms with van der Waals surface area (Å²) >= 11 is 2.27. The number of aromatic nitrogens is 4. The Morgan fingerprint density at radius 2 is 2.21 bits per heavy atom. The standard InChI is InChI=1S/C18H20IN7O3/c1-21-17(28)14-11(20)13(27)18(29-14)26-8-25-12-15(23-7-24-16(12)26)22-6-9-3-2-4-10(19)5-9/h2-5,7-8,11,13-14,18,27H,6,20H2,1H3,(H,21,28)(H,22,23,24)/t11-,13+,14-,18+/m0/s1. The van der Waals surface area contributed by atoms with Crippen LogP contribution in [0.1, 0.15) is 11.8 Å². The van der Waals surface area contributed by atoms with Crippen LogP contribution in [-0.4, -0.2) is 55.8 Å². The largest absolute Gasteiger partial charge is 0.387 e. The number of carbonyl (C=O) groups is 1. The number of benzene rings is 1. The molecule has 1 aromatic carbocycles. The molecule has 2 aromatic heterocycles. The first-order valence-corrected chi connectivity index (χ1v) is 10.0. The lowest BCUT2D eigenvalue weighted by atomic mass is 10.1. The SMILES string of the molecule is CNC(=O)[C@H]1O[C@@H](n2cnc3c(NCc4cccc(I)c4)ncnc32)[C@H](O)[C@@H]1N. The van der Waals surface area contributed by atoms with Crippen molar-refractivity contribution in [1.29, 1.82) is 0 Å². The van der Waals surface area contributed by atoms with Crippen molar-refractivity contribution in [3.8, 4) is 0 Å². The number of ether oxygens (including phenoxy) is 1. The van der Waals surface area contributed by atoms with Crippen LogP contribution >= 0.6 is 22.6 Å². The van der Waals surface area contributed by atoms with Gasteiger partial charge < -0.3 is 26.2 Å². The highest BCUT2D eigenvalue weighted by Gasteiger charge is 2.46. The number of fused-ring (bicyclic) bond motifs is 1. The first-order chi connectivity index (χ1) is 14.0. The molecule has 0 bridgehead atoms. The number of aliphatic hydroxyl groups excluding tert-OH is 1. The summed E-state index contributed by atoms with van der Waals surface area (Å²) in [6.45, 7) is 0.571. The number of aliphatic hydroxyl groups is 1. The molecule has 0 spiro atoms. The molecule has 0 saturated carbocycles. The summed E-state index contributed by atoms with van der Waals surface area (Å²) in [7, 11) is 1.49. The van der Waals surface area contributed by atoms with Crippen LogP contribution < -0.4 is 16.4 Å². The molecule has 1 amide bonds. The Morgan fingerprint density at radius 3 is 2.97 bits per heavy atom. The molecule has 4 rings (SSSR count). The van der Waals surface area contributed by atoms with E-state index in [2.05, 4.69) is 54.2 Å². The zero-order chi connectivity index (χ0) is 20.5. The van der Waals surface area contributed by atoms with Crippen LogP contribution in [0.25, 0.3) is 11.2 Å². The second-order valence-corrected chi connectivity index (χ2v) is 7.90. The molecule has 3 heterocycles. The summed E-state index contributed by atoms with van der Waals surface area (Å²) < 4.78 is 8.44. The van der Waals surface area contributed by atoms with Gasteiger partial charge in [0.2, 0.25) is 0 Å². The summed E-state index contributed by atoms with van der Waals surface area (Å²) in [5.41, 5.74) is 8.09. The van der Waals surface area contributed by atoms with Crippen molar-refractivity contribution in [2.45, 2.75) is 31.0 Å². The van der Waals surface area contributed by atoms with E-state index in [9.17, 15) is 9.90 Å². The number of carbonyl (C=O) groups excluding carboxylic acids is 1. The van der Waals surface area contributed by atoms with Gasteiger partial charge in [-0.1, -0.05) is 12.1 Å². The zero-order valence-corrected chi connectivity index (χ0v) is 17.6. The third-order valence-electron chi connectivity index (χ3n) is 4.81. The van der Waals surface area contributed by atoms with Gasteiger partial charge in [0.1, 0.15) is 12.4 Å². The topological polar surface area (TPSA) is 140 Å². The number of nitrogens with zero attached hydrogens (tertiary/aromatic N) is 4. The predicted molar refractivity (Wildman–Crippen MR) is 114 cm³/mol. The first-order valence-electron chi connectivity index (χ1n) is 8.96. The maximum atomic E-state index is 12.0. The van der Waals surface area contributed by atoms with Crippen LogP contribution in [0.15, 0.2) is 36.9 Å². The number of hydrogen-bond acceptors (Lipinski definition) is 8. The normalized spacial score (nSPS) is 24.0. The van der Waals surface area contributed by atoms with Gasteiger partial charge in [-0.25, -0.2) is 15.0 Å². The summed E-state index contributed by atoms with van der Waals surface area (Å²) in [5, 5.41) is 16.3. The van der Waals surface area contributed by atoms with Crippen molar-refractivity contribution in [2.24, 2.45) is 5.73 Å². The Labute approximate surface area is 180 Å². The average Bonchev–Trinajstić information content (AvgIpc) is 3.28. The monoisotopic (exact) mass is 509 g/mol. The lowest BCUT2D eigenvalue weighted by Crippen LogP contribution is -2.46. The van der Waals surface area contributed by atoms with Gasteiger partial charge >= 0.3 is 0 Å². The lowest BCUT2D eigenvalue weighted by Gasteiger charge is -2.16. The number of nitrogens with one attached hydrogen (secondary N) is 2. The summed E-state index contributed by atoms with van der Waals surface area (Å²) in [4.78, 5) is 24.9. The molecule has 3 aromatic rings. The van der Waals surface area contributed by atoms with Crippen molar-refractivity contribution >= 4 is 45.5 Å². The van der Waals surface area contributed by atoms with E-state index in [0.717, 1.165) is 9.13 Å². The fourth-order valence-corrected chi connectivity index (χ4v) is 3.91. The average molecular weight is 509 g/mol. The first kappa shape index (κ1) is 19.9. The summed E-state index contributed by atoms with van der Waals surface area (Å²) in [6.07, 6.45) is -0.0154. The minimum atomic E-state index is -1.09. The number of nitrogens with two attached hydrogens (primary N) is 1. The fourth-order valence-electron chi connectivity index (χ4n) is 3.30. The van der Waals surface area contributed by atoms with E-state index in [1.54, 1.807) is 4.57 Å². The molecule has 152 valence electrons. The molecule has 1 aliphatic heterocycles. The van der Waals surface area contributed by atoms with Crippen LogP contribution in [-0.2, 0) is 16.1 Å². The number of hydrogen-bond donors (Lipinski definition) is 4. The molecule has 5 N–H and O–H groups in total. The minimum absolute atomic E-state index is 0.391. The number of halogens is 1. The molecule has 11 heteroatoms. The van der Waals surface area contributed by atoms with E-state index in [1.165, 1.54) is 19.7 Å². The van der Waals surface area contributed by atoms with Crippen molar-refractivity contribution in [3.63, 3.8) is 0 Å². The van der Waals surface area contributed by atoms with Crippen LogP contribution in [0.4, 0.5) is 5.82 Å². The van der Waals surface area contributed by atoms with E-state index in [1.807, 2.05) is 18.2 Å². The Balaban J connectivity index is 1.60. The smallest absolute Gasteiger partial charge is 0.250 e. The number of likely N-dealkylation sites (N-methyl/N-ethyl adjacent to an activating group) is 1. The van der Waals surface area contributed by atoms with Gasteiger partial charge in [-0.05, 0) is 40.3 Å². The quantitative estimate of drug-likeness (QED) is 0.362. The molecule has 29 heavy (non-hydrogen) atoms. The van der Waals surface area contributed by atoms with Crippen molar-refractivity contribution in [2.75, 3.05) is 12.4 Å². The maximum Gasteiger partial charge on any atom is 0.250 e. The number of amides is 1. The summed E-state index contributed by atoms with van der Waals surface area (Å²) in [6, 6.07) is 7.26. The van der Waals surface area contributed by atoms with E-state index in [-0.39, 0.29) is 0 Å². The van der Waals surface area contributed by atoms with Crippen LogP contribution in [0, 0.1) is 3.57 Å². The van der Waals surface area contributed by atoms with E-state index in [0.29, 0.717) is 23.5 Å². The second kappa shape index (κ2) is 8.18. The predicted octanol–water partition coefficient (Wildman–Crippen LogP) is 0.375. The highest BCUT2D eigenvalue weighted by atomic mass is 127. The molecule has 1 aliphatic rings. The van der Waals surface area contributed by atoms with Crippen molar-refractivity contribution < 1.29 is 14.6 Å². The van der Waals surface area contributed by atoms with Gasteiger partial charge in [-0.15, -0.1) is 0 Å². The second-order valence-electron chi connectivity index (χ2n) is 6.66. The minimum Gasteiger partial charge on any atom is -0.387 e. The van der Waals surface area contributed by atoms with Crippen LogP contribution in [0.3, 0.4) is 0 Å². The lowest BCUT2D eigenvalue weighted by molar-refractivity contribution is -0.134. The molecule has 1 fully saturated rings. The van der Waals surface area contributed by atoms with Gasteiger partial charge in [0, 0.05) is 17.2 Å². The van der Waals surface area contributed by atoms with Gasteiger partial charge in [-0.2, -0.15) is 0 Å². The highest BCUT2D eigenvalue weighted by molar-refractivity contribution is 14.1. The Bertz CT molecular complexity index is 1040. The molecule has 0 unspecified atom stereocenters. The van der Waals surface area contributed by atoms with Gasteiger partial charge in [0.25, 0.3) is 5.91 Å². The number of imidazole rings is 1. The molecule has 1 saturated heterocycles. The Hall–Kier alpha value is -2.35. The summed E-state index contributed by atoms with van der Waals surface area (Å²) in [5.74, 6) is 0.171. The molecule has 0 radical (unpaired) electrons. The van der Waals surface area contributed by atoms with Crippen LogP contribution in [0.5, 0.6) is 0 Å². The Kier molecular flexibility index (Phi) is 5.63. The molecular weight excluding hydrogens is 489 g/mol. The van der Waals surface area contributed by atoms with Gasteiger partial charge in [0.05, 0.1) is 12.4 Å². The van der Waals surface area contributed by atoms with Crippen molar-refractivity contribution in [3.05, 3.63) is 46.1 Å². The molecular formula is C18H20IN7O3. The third kappa shape index (κ3) is 3.77. The molecule has 4 atom stereocenters. The zero-order valence-electron chi connectivity index (χ0n) is 15.5. The van der Waals surface area contributed by atoms with Crippen LogP contribution in [0.2, 0.25) is 0 Å². The molecule has 0 aliphatic carbocycles. The Morgan fingerprint density at radius 1 is 1.38 bits per heavy atom. The maximum absolute atomic E-state index is 12.0. The van der Waals surface area contributed by atoms with Crippen molar-refractivity contribution in [1.82, 2.24) is 24.8 Å². The fraction of sp³-hybridized carbons (Fsp3) is 0.333. The number of rotatable bonds is 5. The molecule has 10 nitrogen and oxygen atoms in total. The number of anilines is 1. The highest BCUT2D eigenvalue weighted by Crippen LogP contribution is 2.31. The van der Waals surface area contributed by atoms with Gasteiger partial charge in [0.15, 0.2) is 29.3 Å². The van der Waals surface area contributed by atoms with E-state index >= 15 is 0 Å². The van der Waals surface area contributed by atoms with E-state index in [4.69, 9.17) is 10.5 Å². The van der Waals surface area contributed by atoms with E-state index < -0.39 is 30.4 Å².